The Hall–Kier alpha value is -0.800. The number of unbranched alkanes of at least 4 members (excludes halogenated alkanes) is 32. The van der Waals surface area contributed by atoms with Crippen LogP contribution in [0.3, 0.4) is 0 Å². The third-order valence-corrected chi connectivity index (χ3v) is 11.9. The van der Waals surface area contributed by atoms with Gasteiger partial charge < -0.3 is 24.6 Å². The maximum atomic E-state index is 12.7. The molecular formula is C48H95O9P. The quantitative estimate of drug-likeness (QED) is 0.0237. The number of phosphoric ester groups is 1. The molecule has 3 unspecified atom stereocenters. The maximum absolute atomic E-state index is 12.7. The van der Waals surface area contributed by atoms with Crippen LogP contribution in [-0.4, -0.2) is 66.3 Å². The summed E-state index contributed by atoms with van der Waals surface area (Å²) in [7, 11) is -4.51. The molecule has 58 heavy (non-hydrogen) atoms. The smallest absolute Gasteiger partial charge is 0.457 e. The predicted molar refractivity (Wildman–Crippen MR) is 242 cm³/mol. The minimum Gasteiger partial charge on any atom is -0.457 e. The molecule has 0 aromatic carbocycles. The number of allylic oxidation sites excluding steroid dienone is 2. The molecule has 0 fully saturated rings. The lowest BCUT2D eigenvalue weighted by Gasteiger charge is -2.20. The fraction of sp³-hybridized carbons (Fsp3) is 0.938. The van der Waals surface area contributed by atoms with Crippen molar-refractivity contribution in [2.24, 2.45) is 0 Å². The van der Waals surface area contributed by atoms with Crippen molar-refractivity contribution in [2.45, 2.75) is 257 Å². The van der Waals surface area contributed by atoms with Crippen LogP contribution in [0, 0.1) is 0 Å². The number of phosphoric acid groups is 1. The monoisotopic (exact) mass is 847 g/mol. The SMILES string of the molecule is CCCCCCCCCC/C=C\CCCCCCCCCCCCCC(=O)OC(COCCCCCCCCCCCCCCCC)COP(=O)(O)OCC(O)CO. The Kier molecular flexibility index (Phi) is 45.1. The van der Waals surface area contributed by atoms with Crippen molar-refractivity contribution in [2.75, 3.05) is 33.0 Å². The predicted octanol–water partition coefficient (Wildman–Crippen LogP) is 14.0. The summed E-state index contributed by atoms with van der Waals surface area (Å²) in [5.74, 6) is -0.378. The largest absolute Gasteiger partial charge is 0.472 e. The third-order valence-electron chi connectivity index (χ3n) is 11.0. The molecule has 0 rings (SSSR count). The number of hydrogen-bond donors (Lipinski definition) is 3. The number of rotatable bonds is 48. The van der Waals surface area contributed by atoms with Gasteiger partial charge in [0.05, 0.1) is 26.4 Å². The van der Waals surface area contributed by atoms with Crippen LogP contribution in [-0.2, 0) is 27.9 Å². The average Bonchev–Trinajstić information content (AvgIpc) is 3.21. The van der Waals surface area contributed by atoms with Crippen LogP contribution >= 0.6 is 7.82 Å². The molecule has 0 radical (unpaired) electrons. The summed E-state index contributed by atoms with van der Waals surface area (Å²) in [5.41, 5.74) is 0. The van der Waals surface area contributed by atoms with Crippen LogP contribution in [0.15, 0.2) is 12.2 Å². The highest BCUT2D eigenvalue weighted by molar-refractivity contribution is 7.47. The summed E-state index contributed by atoms with van der Waals surface area (Å²) in [6.07, 6.45) is 47.5. The molecule has 0 saturated carbocycles. The average molecular weight is 847 g/mol. The molecule has 0 spiro atoms. The van der Waals surface area contributed by atoms with E-state index in [1.807, 2.05) is 0 Å². The Balaban J connectivity index is 4.02. The molecule has 0 bridgehead atoms. The van der Waals surface area contributed by atoms with Gasteiger partial charge in [0.15, 0.2) is 0 Å². The molecule has 3 atom stereocenters. The number of carbonyl (C=O) groups is 1. The second-order valence-corrected chi connectivity index (χ2v) is 18.3. The summed E-state index contributed by atoms with van der Waals surface area (Å²) in [6, 6.07) is 0. The lowest BCUT2D eigenvalue weighted by molar-refractivity contribution is -0.154. The molecule has 10 heteroatoms. The van der Waals surface area contributed by atoms with Gasteiger partial charge in [0.25, 0.3) is 0 Å². The van der Waals surface area contributed by atoms with E-state index in [-0.39, 0.29) is 25.6 Å². The summed E-state index contributed by atoms with van der Waals surface area (Å²) in [5, 5.41) is 18.4. The molecule has 0 aliphatic heterocycles. The molecule has 0 aromatic heterocycles. The Morgan fingerprint density at radius 3 is 1.29 bits per heavy atom. The molecule has 3 N–H and O–H groups in total. The molecular weight excluding hydrogens is 751 g/mol. The number of aliphatic hydroxyl groups is 2. The molecule has 0 aliphatic carbocycles. The summed E-state index contributed by atoms with van der Waals surface area (Å²) < 4.78 is 33.5. The second-order valence-electron chi connectivity index (χ2n) is 16.8. The van der Waals surface area contributed by atoms with E-state index in [0.29, 0.717) is 6.61 Å². The number of carbonyl (C=O) groups excluding carboxylic acids is 1. The molecule has 0 aromatic rings. The van der Waals surface area contributed by atoms with Crippen LogP contribution in [0.25, 0.3) is 0 Å². The maximum Gasteiger partial charge on any atom is 0.472 e. The fourth-order valence-corrected chi connectivity index (χ4v) is 7.97. The van der Waals surface area contributed by atoms with Crippen LogP contribution in [0.5, 0.6) is 0 Å². The molecule has 0 amide bonds. The van der Waals surface area contributed by atoms with E-state index in [4.69, 9.17) is 23.6 Å². The van der Waals surface area contributed by atoms with E-state index in [2.05, 4.69) is 26.0 Å². The summed E-state index contributed by atoms with van der Waals surface area (Å²) in [6.45, 7) is 3.58. The van der Waals surface area contributed by atoms with Crippen LogP contribution in [0.2, 0.25) is 0 Å². The lowest BCUT2D eigenvalue weighted by atomic mass is 10.0. The van der Waals surface area contributed by atoms with Gasteiger partial charge >= 0.3 is 13.8 Å². The molecule has 9 nitrogen and oxygen atoms in total. The zero-order chi connectivity index (χ0) is 42.5. The topological polar surface area (TPSA) is 132 Å². The van der Waals surface area contributed by atoms with Crippen molar-refractivity contribution in [3.8, 4) is 0 Å². The van der Waals surface area contributed by atoms with Crippen molar-refractivity contribution in [3.63, 3.8) is 0 Å². The van der Waals surface area contributed by atoms with E-state index < -0.39 is 33.2 Å². The van der Waals surface area contributed by atoms with Gasteiger partial charge in [-0.1, -0.05) is 212 Å². The van der Waals surface area contributed by atoms with Gasteiger partial charge in [0.1, 0.15) is 12.2 Å². The van der Waals surface area contributed by atoms with Gasteiger partial charge in [-0.05, 0) is 38.5 Å². The highest BCUT2D eigenvalue weighted by Gasteiger charge is 2.26. The van der Waals surface area contributed by atoms with Gasteiger partial charge in [-0.3, -0.25) is 13.8 Å². The standard InChI is InChI=1S/C48H95O9P/c1-3-5-7-9-11-13-15-17-19-20-21-22-23-24-25-26-27-28-30-32-34-36-38-40-48(51)57-47(45-56-58(52,53)55-43-46(50)42-49)44-54-41-39-37-35-33-31-29-18-16-14-12-10-8-6-4-2/h20-21,46-47,49-50H,3-19,22-45H2,1-2H3,(H,52,53)/b21-20-. The van der Waals surface area contributed by atoms with E-state index in [1.54, 1.807) is 0 Å². The molecule has 0 aliphatic rings. The first-order valence-electron chi connectivity index (χ1n) is 24.7. The van der Waals surface area contributed by atoms with Gasteiger partial charge in [0.2, 0.25) is 0 Å². The molecule has 0 saturated heterocycles. The van der Waals surface area contributed by atoms with E-state index >= 15 is 0 Å². The minimum absolute atomic E-state index is 0.0555. The first kappa shape index (κ1) is 57.2. The highest BCUT2D eigenvalue weighted by Crippen LogP contribution is 2.43. The number of esters is 1. The molecule has 346 valence electrons. The van der Waals surface area contributed by atoms with E-state index in [9.17, 15) is 19.4 Å². The summed E-state index contributed by atoms with van der Waals surface area (Å²) >= 11 is 0. The number of ether oxygens (including phenoxy) is 2. The first-order chi connectivity index (χ1) is 28.3. The Bertz CT molecular complexity index is 918. The third kappa shape index (κ3) is 44.7. The van der Waals surface area contributed by atoms with E-state index in [0.717, 1.165) is 32.1 Å². The van der Waals surface area contributed by atoms with Crippen molar-refractivity contribution in [1.29, 1.82) is 0 Å². The van der Waals surface area contributed by atoms with Crippen molar-refractivity contribution in [1.82, 2.24) is 0 Å². The van der Waals surface area contributed by atoms with Crippen molar-refractivity contribution < 1.29 is 43.0 Å². The summed E-state index contributed by atoms with van der Waals surface area (Å²) in [4.78, 5) is 22.6. The van der Waals surface area contributed by atoms with E-state index in [1.165, 1.54) is 193 Å². The van der Waals surface area contributed by atoms with Crippen LogP contribution in [0.1, 0.15) is 245 Å². The lowest BCUT2D eigenvalue weighted by Crippen LogP contribution is -2.29. The van der Waals surface area contributed by atoms with Gasteiger partial charge in [-0.15, -0.1) is 0 Å². The Labute approximate surface area is 358 Å². The van der Waals surface area contributed by atoms with Gasteiger partial charge in [0, 0.05) is 13.0 Å². The highest BCUT2D eigenvalue weighted by atomic mass is 31.2. The molecule has 0 heterocycles. The zero-order valence-electron chi connectivity index (χ0n) is 38.0. The zero-order valence-corrected chi connectivity index (χ0v) is 38.9. The normalized spacial score (nSPS) is 13.9. The van der Waals surface area contributed by atoms with Crippen molar-refractivity contribution >= 4 is 13.8 Å². The van der Waals surface area contributed by atoms with Gasteiger partial charge in [-0.2, -0.15) is 0 Å². The van der Waals surface area contributed by atoms with Crippen LogP contribution in [0.4, 0.5) is 0 Å². The first-order valence-corrected chi connectivity index (χ1v) is 26.2. The number of aliphatic hydroxyl groups excluding tert-OH is 2. The second kappa shape index (κ2) is 45.7. The Morgan fingerprint density at radius 2 is 0.879 bits per heavy atom. The van der Waals surface area contributed by atoms with Crippen molar-refractivity contribution in [3.05, 3.63) is 12.2 Å². The van der Waals surface area contributed by atoms with Crippen LogP contribution < -0.4 is 0 Å². The fourth-order valence-electron chi connectivity index (χ4n) is 7.18. The Morgan fingerprint density at radius 1 is 0.517 bits per heavy atom. The van der Waals surface area contributed by atoms with Gasteiger partial charge in [-0.25, -0.2) is 4.57 Å². The minimum atomic E-state index is -4.51. The number of hydrogen-bond acceptors (Lipinski definition) is 8.